The number of nitrogens with two attached hydrogens (primary N) is 1. The van der Waals surface area contributed by atoms with Gasteiger partial charge in [0.05, 0.1) is 0 Å². The van der Waals surface area contributed by atoms with Crippen molar-refractivity contribution in [2.45, 2.75) is 45.2 Å². The number of phenols is 2. The van der Waals surface area contributed by atoms with E-state index in [0.29, 0.717) is 12.0 Å². The van der Waals surface area contributed by atoms with Gasteiger partial charge in [0.15, 0.2) is 0 Å². The summed E-state index contributed by atoms with van der Waals surface area (Å²) in [6, 6.07) is 5.28. The highest BCUT2D eigenvalue weighted by atomic mass is 16.3. The number of hydrogen-bond acceptors (Lipinski definition) is 4. The summed E-state index contributed by atoms with van der Waals surface area (Å²) >= 11 is 0. The molecule has 3 unspecified atom stereocenters. The molecule has 0 amide bonds. The first-order chi connectivity index (χ1) is 9.58. The van der Waals surface area contributed by atoms with E-state index in [-0.39, 0.29) is 17.5 Å². The summed E-state index contributed by atoms with van der Waals surface area (Å²) < 4.78 is 0. The molecule has 0 spiro atoms. The molecule has 0 aromatic heterocycles. The normalized spacial score (nSPS) is 24.2. The van der Waals surface area contributed by atoms with Gasteiger partial charge in [0.25, 0.3) is 0 Å². The van der Waals surface area contributed by atoms with E-state index < -0.39 is 0 Å². The predicted octanol–water partition coefficient (Wildman–Crippen LogP) is 2.61. The minimum atomic E-state index is 0.0734. The molecule has 1 aromatic rings. The zero-order chi connectivity index (χ0) is 14.7. The maximum atomic E-state index is 10.1. The number of rotatable bonds is 5. The maximum absolute atomic E-state index is 10.1. The van der Waals surface area contributed by atoms with Gasteiger partial charge in [-0.2, -0.15) is 0 Å². The molecule has 4 heteroatoms. The van der Waals surface area contributed by atoms with E-state index in [1.165, 1.54) is 25.3 Å². The lowest BCUT2D eigenvalue weighted by Crippen LogP contribution is -2.41. The van der Waals surface area contributed by atoms with Crippen LogP contribution in [0.25, 0.3) is 0 Å². The van der Waals surface area contributed by atoms with Crippen molar-refractivity contribution >= 4 is 0 Å². The second kappa shape index (κ2) is 6.46. The maximum Gasteiger partial charge on any atom is 0.120 e. The van der Waals surface area contributed by atoms with Gasteiger partial charge in [-0.1, -0.05) is 13.3 Å². The Morgan fingerprint density at radius 2 is 2.10 bits per heavy atom. The van der Waals surface area contributed by atoms with Crippen LogP contribution in [0.2, 0.25) is 0 Å². The van der Waals surface area contributed by atoms with Gasteiger partial charge < -0.3 is 15.9 Å². The van der Waals surface area contributed by atoms with Crippen molar-refractivity contribution in [1.82, 2.24) is 4.90 Å². The van der Waals surface area contributed by atoms with Crippen LogP contribution in [0.4, 0.5) is 0 Å². The molecule has 3 atom stereocenters. The molecule has 1 saturated carbocycles. The van der Waals surface area contributed by atoms with Crippen molar-refractivity contribution in [2.75, 3.05) is 13.1 Å². The fourth-order valence-corrected chi connectivity index (χ4v) is 3.58. The number of aromatic hydroxyl groups is 2. The fraction of sp³-hybridized carbons (Fsp3) is 0.625. The number of nitrogens with zero attached hydrogens (tertiary/aromatic N) is 1. The molecule has 1 aliphatic rings. The van der Waals surface area contributed by atoms with E-state index >= 15 is 0 Å². The van der Waals surface area contributed by atoms with Crippen LogP contribution < -0.4 is 5.73 Å². The standard InChI is InChI=1S/C16H26N2O2/c1-3-18(15-6-4-5-12(15)10-17)11(2)14-9-13(19)7-8-16(14)20/h7-9,11-12,15,19-20H,3-6,10,17H2,1-2H3. The van der Waals surface area contributed by atoms with Crippen molar-refractivity contribution in [1.29, 1.82) is 0 Å². The van der Waals surface area contributed by atoms with Gasteiger partial charge in [0, 0.05) is 17.6 Å². The molecule has 1 aromatic carbocycles. The van der Waals surface area contributed by atoms with Crippen LogP contribution in [0.5, 0.6) is 11.5 Å². The average molecular weight is 278 g/mol. The highest BCUT2D eigenvalue weighted by Crippen LogP contribution is 2.37. The van der Waals surface area contributed by atoms with Gasteiger partial charge in [-0.15, -0.1) is 0 Å². The lowest BCUT2D eigenvalue weighted by atomic mass is 9.97. The van der Waals surface area contributed by atoms with Crippen LogP contribution in [0.1, 0.15) is 44.7 Å². The second-order valence-corrected chi connectivity index (χ2v) is 5.74. The molecule has 0 radical (unpaired) electrons. The molecule has 0 bridgehead atoms. The van der Waals surface area contributed by atoms with E-state index in [4.69, 9.17) is 5.73 Å². The molecule has 0 aliphatic heterocycles. The molecule has 20 heavy (non-hydrogen) atoms. The molecule has 4 N–H and O–H groups in total. The Labute approximate surface area is 121 Å². The third kappa shape index (κ3) is 2.91. The summed E-state index contributed by atoms with van der Waals surface area (Å²) in [4.78, 5) is 2.40. The topological polar surface area (TPSA) is 69.7 Å². The van der Waals surface area contributed by atoms with Gasteiger partial charge in [-0.05, 0) is 57.0 Å². The quantitative estimate of drug-likeness (QED) is 0.724. The van der Waals surface area contributed by atoms with E-state index in [0.717, 1.165) is 18.7 Å². The second-order valence-electron chi connectivity index (χ2n) is 5.74. The highest BCUT2D eigenvalue weighted by molar-refractivity contribution is 5.40. The number of hydrogen-bond donors (Lipinski definition) is 3. The van der Waals surface area contributed by atoms with E-state index in [2.05, 4.69) is 18.7 Å². The molecular weight excluding hydrogens is 252 g/mol. The Morgan fingerprint density at radius 3 is 2.75 bits per heavy atom. The molecule has 0 heterocycles. The van der Waals surface area contributed by atoms with Crippen molar-refractivity contribution in [3.05, 3.63) is 23.8 Å². The summed E-state index contributed by atoms with van der Waals surface area (Å²) in [7, 11) is 0. The Balaban J connectivity index is 2.24. The number of benzene rings is 1. The molecule has 4 nitrogen and oxygen atoms in total. The summed E-state index contributed by atoms with van der Waals surface area (Å²) in [5.41, 5.74) is 6.68. The zero-order valence-corrected chi connectivity index (χ0v) is 12.4. The highest BCUT2D eigenvalue weighted by Gasteiger charge is 2.33. The Hall–Kier alpha value is -1.26. The van der Waals surface area contributed by atoms with Gasteiger partial charge in [-0.25, -0.2) is 0 Å². The lowest BCUT2D eigenvalue weighted by Gasteiger charge is -2.37. The van der Waals surface area contributed by atoms with Crippen LogP contribution in [0.15, 0.2) is 18.2 Å². The molecule has 0 saturated heterocycles. The van der Waals surface area contributed by atoms with E-state index in [1.54, 1.807) is 12.1 Å². The average Bonchev–Trinajstić information content (AvgIpc) is 2.90. The smallest absolute Gasteiger partial charge is 0.120 e. The van der Waals surface area contributed by atoms with Gasteiger partial charge in [0.2, 0.25) is 0 Å². The summed E-state index contributed by atoms with van der Waals surface area (Å²) in [5, 5.41) is 19.7. The van der Waals surface area contributed by atoms with E-state index in [1.807, 2.05) is 0 Å². The summed E-state index contributed by atoms with van der Waals surface area (Å²) in [6.07, 6.45) is 3.58. The minimum absolute atomic E-state index is 0.0734. The third-order valence-electron chi connectivity index (χ3n) is 4.67. The first-order valence-electron chi connectivity index (χ1n) is 7.56. The van der Waals surface area contributed by atoms with Crippen LogP contribution >= 0.6 is 0 Å². The van der Waals surface area contributed by atoms with Crippen LogP contribution in [-0.4, -0.2) is 34.2 Å². The molecule has 1 fully saturated rings. The van der Waals surface area contributed by atoms with Gasteiger partial charge in [-0.3, -0.25) is 4.90 Å². The third-order valence-corrected chi connectivity index (χ3v) is 4.67. The Bertz CT molecular complexity index is 450. The monoisotopic (exact) mass is 278 g/mol. The molecule has 112 valence electrons. The van der Waals surface area contributed by atoms with Gasteiger partial charge in [0.1, 0.15) is 11.5 Å². The molecule has 1 aliphatic carbocycles. The Kier molecular flexibility index (Phi) is 4.89. The van der Waals surface area contributed by atoms with Gasteiger partial charge >= 0.3 is 0 Å². The Morgan fingerprint density at radius 1 is 1.35 bits per heavy atom. The van der Waals surface area contributed by atoms with Crippen molar-refractivity contribution in [2.24, 2.45) is 11.7 Å². The number of phenolic OH excluding ortho intramolecular Hbond substituents is 2. The summed E-state index contributed by atoms with van der Waals surface area (Å²) in [5.74, 6) is 0.982. The zero-order valence-electron chi connectivity index (χ0n) is 12.4. The first-order valence-corrected chi connectivity index (χ1v) is 7.56. The van der Waals surface area contributed by atoms with Crippen molar-refractivity contribution in [3.63, 3.8) is 0 Å². The lowest BCUT2D eigenvalue weighted by molar-refractivity contribution is 0.121. The summed E-state index contributed by atoms with van der Waals surface area (Å²) in [6.45, 7) is 5.86. The predicted molar refractivity (Wildman–Crippen MR) is 80.8 cm³/mol. The largest absolute Gasteiger partial charge is 0.508 e. The van der Waals surface area contributed by atoms with E-state index in [9.17, 15) is 10.2 Å². The first kappa shape index (κ1) is 15.1. The van der Waals surface area contributed by atoms with Crippen molar-refractivity contribution < 1.29 is 10.2 Å². The molecular formula is C16H26N2O2. The van der Waals surface area contributed by atoms with Crippen LogP contribution in [0.3, 0.4) is 0 Å². The SMILES string of the molecule is CCN(C(C)c1cc(O)ccc1O)C1CCCC1CN. The minimum Gasteiger partial charge on any atom is -0.508 e. The van der Waals surface area contributed by atoms with Crippen molar-refractivity contribution in [3.8, 4) is 11.5 Å². The van der Waals surface area contributed by atoms with Crippen LogP contribution in [-0.2, 0) is 0 Å². The van der Waals surface area contributed by atoms with Crippen LogP contribution in [0, 0.1) is 5.92 Å². The molecule has 2 rings (SSSR count). The fourth-order valence-electron chi connectivity index (χ4n) is 3.58.